The predicted molar refractivity (Wildman–Crippen MR) is 75.8 cm³/mol. The Balaban J connectivity index is 2.05. The normalized spacial score (nSPS) is 21.7. The SMILES string of the molecule is COC1CNC(C(=O)Nc2ccc(Cl)c(C(N)=O)c2)C1. The van der Waals surface area contributed by atoms with E-state index >= 15 is 0 Å². The van der Waals surface area contributed by atoms with Crippen LogP contribution in [0.4, 0.5) is 5.69 Å². The van der Waals surface area contributed by atoms with E-state index in [4.69, 9.17) is 22.1 Å². The number of anilines is 1. The fourth-order valence-corrected chi connectivity index (χ4v) is 2.31. The van der Waals surface area contributed by atoms with Gasteiger partial charge in [0.15, 0.2) is 0 Å². The molecule has 1 fully saturated rings. The van der Waals surface area contributed by atoms with Gasteiger partial charge >= 0.3 is 0 Å². The average Bonchev–Trinajstić information content (AvgIpc) is 2.89. The Morgan fingerprint density at radius 1 is 1.50 bits per heavy atom. The van der Waals surface area contributed by atoms with Crippen molar-refractivity contribution >= 4 is 29.1 Å². The van der Waals surface area contributed by atoms with Crippen molar-refractivity contribution in [2.45, 2.75) is 18.6 Å². The molecule has 20 heavy (non-hydrogen) atoms. The smallest absolute Gasteiger partial charge is 0.250 e. The number of rotatable bonds is 4. The maximum atomic E-state index is 12.1. The molecule has 2 amide bonds. The summed E-state index contributed by atoms with van der Waals surface area (Å²) >= 11 is 5.85. The quantitative estimate of drug-likeness (QED) is 0.764. The van der Waals surface area contributed by atoms with Crippen molar-refractivity contribution in [1.29, 1.82) is 0 Å². The highest BCUT2D eigenvalue weighted by Gasteiger charge is 2.29. The number of hydrogen-bond acceptors (Lipinski definition) is 4. The second kappa shape index (κ2) is 6.21. The number of nitrogens with one attached hydrogen (secondary N) is 2. The van der Waals surface area contributed by atoms with Gasteiger partial charge in [0, 0.05) is 19.3 Å². The lowest BCUT2D eigenvalue weighted by Gasteiger charge is -2.12. The van der Waals surface area contributed by atoms with E-state index in [1.165, 1.54) is 12.1 Å². The van der Waals surface area contributed by atoms with E-state index in [9.17, 15) is 9.59 Å². The van der Waals surface area contributed by atoms with E-state index < -0.39 is 5.91 Å². The zero-order valence-corrected chi connectivity index (χ0v) is 11.7. The van der Waals surface area contributed by atoms with E-state index in [0.717, 1.165) is 0 Å². The minimum Gasteiger partial charge on any atom is -0.380 e. The summed E-state index contributed by atoms with van der Waals surface area (Å²) in [5, 5.41) is 6.06. The van der Waals surface area contributed by atoms with Crippen molar-refractivity contribution < 1.29 is 14.3 Å². The van der Waals surface area contributed by atoms with Gasteiger partial charge in [-0.3, -0.25) is 9.59 Å². The molecule has 0 spiro atoms. The van der Waals surface area contributed by atoms with Crippen LogP contribution in [-0.2, 0) is 9.53 Å². The fraction of sp³-hybridized carbons (Fsp3) is 0.385. The van der Waals surface area contributed by atoms with E-state index in [0.29, 0.717) is 18.7 Å². The van der Waals surface area contributed by atoms with E-state index in [1.807, 2.05) is 0 Å². The van der Waals surface area contributed by atoms with E-state index in [1.54, 1.807) is 13.2 Å². The number of nitrogens with two attached hydrogens (primary N) is 1. The van der Waals surface area contributed by atoms with Crippen LogP contribution in [0.15, 0.2) is 18.2 Å². The third-order valence-electron chi connectivity index (χ3n) is 3.24. The lowest BCUT2D eigenvalue weighted by molar-refractivity contribution is -0.118. The van der Waals surface area contributed by atoms with Crippen LogP contribution in [0.2, 0.25) is 5.02 Å². The van der Waals surface area contributed by atoms with Gasteiger partial charge in [-0.2, -0.15) is 0 Å². The largest absolute Gasteiger partial charge is 0.380 e. The van der Waals surface area contributed by atoms with Crippen molar-refractivity contribution in [3.05, 3.63) is 28.8 Å². The van der Waals surface area contributed by atoms with Crippen molar-refractivity contribution in [3.8, 4) is 0 Å². The van der Waals surface area contributed by atoms with Gasteiger partial charge in [-0.15, -0.1) is 0 Å². The van der Waals surface area contributed by atoms with Crippen LogP contribution in [0, 0.1) is 0 Å². The van der Waals surface area contributed by atoms with E-state index in [2.05, 4.69) is 10.6 Å². The number of carbonyl (C=O) groups is 2. The molecule has 1 saturated heterocycles. The van der Waals surface area contributed by atoms with Crippen molar-refractivity contribution in [1.82, 2.24) is 5.32 Å². The van der Waals surface area contributed by atoms with Crippen LogP contribution >= 0.6 is 11.6 Å². The molecule has 1 aromatic carbocycles. The molecule has 0 radical (unpaired) electrons. The van der Waals surface area contributed by atoms with Gasteiger partial charge in [0.05, 0.1) is 22.7 Å². The molecular weight excluding hydrogens is 282 g/mol. The molecule has 4 N–H and O–H groups in total. The summed E-state index contributed by atoms with van der Waals surface area (Å²) in [7, 11) is 1.62. The molecule has 0 saturated carbocycles. The van der Waals surface area contributed by atoms with Gasteiger partial charge < -0.3 is 21.1 Å². The van der Waals surface area contributed by atoms with E-state index in [-0.39, 0.29) is 28.6 Å². The lowest BCUT2D eigenvalue weighted by Crippen LogP contribution is -2.35. The Morgan fingerprint density at radius 3 is 2.85 bits per heavy atom. The molecule has 0 aliphatic carbocycles. The summed E-state index contributed by atoms with van der Waals surface area (Å²) in [6.45, 7) is 0.641. The van der Waals surface area contributed by atoms with Crippen LogP contribution in [0.5, 0.6) is 0 Å². The topological polar surface area (TPSA) is 93.4 Å². The molecule has 0 aromatic heterocycles. The zero-order valence-electron chi connectivity index (χ0n) is 11.0. The highest BCUT2D eigenvalue weighted by molar-refractivity contribution is 6.34. The first-order valence-corrected chi connectivity index (χ1v) is 6.55. The molecule has 2 unspecified atom stereocenters. The second-order valence-electron chi connectivity index (χ2n) is 4.60. The standard InChI is InChI=1S/C13H16ClN3O3/c1-20-8-5-11(16-6-8)13(19)17-7-2-3-10(14)9(4-7)12(15)18/h2-4,8,11,16H,5-6H2,1H3,(H2,15,18)(H,17,19). The van der Waals surface area contributed by atoms with Crippen molar-refractivity contribution in [3.63, 3.8) is 0 Å². The predicted octanol–water partition coefficient (Wildman–Crippen LogP) is 0.754. The summed E-state index contributed by atoms with van der Waals surface area (Å²) < 4.78 is 5.19. The van der Waals surface area contributed by atoms with Gasteiger partial charge in [0.1, 0.15) is 0 Å². The van der Waals surface area contributed by atoms with Crippen LogP contribution < -0.4 is 16.4 Å². The maximum Gasteiger partial charge on any atom is 0.250 e. The molecular formula is C13H16ClN3O3. The second-order valence-corrected chi connectivity index (χ2v) is 5.01. The molecule has 2 rings (SSSR count). The minimum atomic E-state index is -0.635. The molecule has 2 atom stereocenters. The molecule has 7 heteroatoms. The Bertz CT molecular complexity index is 536. The zero-order chi connectivity index (χ0) is 14.7. The molecule has 1 aliphatic rings. The summed E-state index contributed by atoms with van der Waals surface area (Å²) in [6, 6.07) is 4.30. The first-order valence-electron chi connectivity index (χ1n) is 6.17. The lowest BCUT2D eigenvalue weighted by atomic mass is 10.1. The molecule has 1 aromatic rings. The van der Waals surface area contributed by atoms with Crippen LogP contribution in [-0.4, -0.2) is 37.6 Å². The summed E-state index contributed by atoms with van der Waals surface area (Å²) in [5.41, 5.74) is 5.87. The Labute approximate surface area is 121 Å². The van der Waals surface area contributed by atoms with Gasteiger partial charge in [-0.1, -0.05) is 11.6 Å². The molecule has 1 aliphatic heterocycles. The number of ether oxygens (including phenoxy) is 1. The maximum absolute atomic E-state index is 12.1. The first kappa shape index (κ1) is 14.8. The van der Waals surface area contributed by atoms with Gasteiger partial charge in [-0.25, -0.2) is 0 Å². The van der Waals surface area contributed by atoms with Gasteiger partial charge in [0.25, 0.3) is 0 Å². The van der Waals surface area contributed by atoms with Gasteiger partial charge in [0.2, 0.25) is 11.8 Å². The number of primary amides is 1. The number of methoxy groups -OCH3 is 1. The third-order valence-corrected chi connectivity index (χ3v) is 3.57. The molecule has 108 valence electrons. The Morgan fingerprint density at radius 2 is 2.25 bits per heavy atom. The molecule has 6 nitrogen and oxygen atoms in total. The average molecular weight is 298 g/mol. The number of carbonyl (C=O) groups excluding carboxylic acids is 2. The third kappa shape index (κ3) is 3.27. The minimum absolute atomic E-state index is 0.0390. The van der Waals surface area contributed by atoms with Crippen LogP contribution in [0.3, 0.4) is 0 Å². The summed E-state index contributed by atoms with van der Waals surface area (Å²) in [4.78, 5) is 23.3. The van der Waals surface area contributed by atoms with Crippen LogP contribution in [0.25, 0.3) is 0 Å². The number of hydrogen-bond donors (Lipinski definition) is 3. The number of amides is 2. The molecule has 1 heterocycles. The van der Waals surface area contributed by atoms with Crippen molar-refractivity contribution in [2.24, 2.45) is 5.73 Å². The first-order chi connectivity index (χ1) is 9.51. The highest BCUT2D eigenvalue weighted by Crippen LogP contribution is 2.21. The van der Waals surface area contributed by atoms with Crippen LogP contribution in [0.1, 0.15) is 16.8 Å². The highest BCUT2D eigenvalue weighted by atomic mass is 35.5. The molecule has 0 bridgehead atoms. The van der Waals surface area contributed by atoms with Crippen molar-refractivity contribution in [2.75, 3.05) is 19.0 Å². The van der Waals surface area contributed by atoms with Gasteiger partial charge in [-0.05, 0) is 24.6 Å². The fourth-order valence-electron chi connectivity index (χ4n) is 2.10. The Kier molecular flexibility index (Phi) is 4.59. The monoisotopic (exact) mass is 297 g/mol. The Hall–Kier alpha value is -1.63. The number of halogens is 1. The summed E-state index contributed by atoms with van der Waals surface area (Å²) in [5.74, 6) is -0.813. The number of benzene rings is 1. The summed E-state index contributed by atoms with van der Waals surface area (Å²) in [6.07, 6.45) is 0.649.